The fraction of sp³-hybridized carbons (Fsp3) is 0.625. The third-order valence-corrected chi connectivity index (χ3v) is 3.95. The number of carbonyl (C=O) groups is 1. The van der Waals surface area contributed by atoms with Gasteiger partial charge in [0, 0.05) is 34.0 Å². The maximum absolute atomic E-state index is 11.9. The Labute approximate surface area is 135 Å². The molecular weight excluding hydrogens is 296 g/mol. The van der Waals surface area contributed by atoms with Crippen molar-refractivity contribution in [2.45, 2.75) is 59.0 Å². The lowest BCUT2D eigenvalue weighted by atomic mass is 10.1. The first-order valence-electron chi connectivity index (χ1n) is 7.89. The second kappa shape index (κ2) is 8.90. The molecule has 1 aromatic heterocycles. The van der Waals surface area contributed by atoms with Crippen LogP contribution in [0, 0.1) is 0 Å². The highest BCUT2D eigenvalue weighted by Gasteiger charge is 2.15. The average Bonchev–Trinajstić information content (AvgIpc) is 2.87. The van der Waals surface area contributed by atoms with E-state index in [9.17, 15) is 4.79 Å². The zero-order valence-corrected chi connectivity index (χ0v) is 15.8. The van der Waals surface area contributed by atoms with E-state index < -0.39 is 5.60 Å². The maximum atomic E-state index is 11.9. The predicted octanol–water partition coefficient (Wildman–Crippen LogP) is 2.63. The van der Waals surface area contributed by atoms with Gasteiger partial charge in [0.1, 0.15) is 12.3 Å². The summed E-state index contributed by atoms with van der Waals surface area (Å²) >= 11 is 0. The molecule has 0 radical (unpaired) electrons. The summed E-state index contributed by atoms with van der Waals surface area (Å²) in [6.07, 6.45) is 5.96. The van der Waals surface area contributed by atoms with Gasteiger partial charge in [-0.3, -0.25) is 0 Å². The minimum absolute atomic E-state index is 0.0599. The van der Waals surface area contributed by atoms with Crippen molar-refractivity contribution in [1.82, 2.24) is 9.78 Å². The maximum Gasteiger partial charge on any atom is 0.331 e. The van der Waals surface area contributed by atoms with E-state index in [0.29, 0.717) is 6.73 Å². The monoisotopic (exact) mass is 324 g/mol. The molecule has 0 saturated heterocycles. The zero-order chi connectivity index (χ0) is 16.6. The molecule has 22 heavy (non-hydrogen) atoms. The predicted molar refractivity (Wildman–Crippen MR) is 91.5 cm³/mol. The molecule has 0 aromatic carbocycles. The molecular formula is C16H28N2O3Si. The van der Waals surface area contributed by atoms with Gasteiger partial charge in [0.25, 0.3) is 0 Å². The first-order chi connectivity index (χ1) is 10.4. The van der Waals surface area contributed by atoms with E-state index in [-0.39, 0.29) is 15.5 Å². The van der Waals surface area contributed by atoms with Crippen molar-refractivity contribution in [2.75, 3.05) is 6.61 Å². The number of ether oxygens (including phenoxy) is 2. The number of hydrogen-bond acceptors (Lipinski definition) is 4. The van der Waals surface area contributed by atoms with Gasteiger partial charge in [0.15, 0.2) is 0 Å². The molecule has 0 aliphatic carbocycles. The lowest BCUT2D eigenvalue weighted by Gasteiger charge is -2.18. The van der Waals surface area contributed by atoms with Crippen LogP contribution in [0.1, 0.15) is 39.7 Å². The molecule has 0 aliphatic rings. The lowest BCUT2D eigenvalue weighted by Crippen LogP contribution is -2.22. The average molecular weight is 324 g/mol. The molecule has 5 nitrogen and oxygen atoms in total. The van der Waals surface area contributed by atoms with Gasteiger partial charge in [-0.2, -0.15) is 5.10 Å². The van der Waals surface area contributed by atoms with Crippen LogP contribution < -0.4 is 0 Å². The van der Waals surface area contributed by atoms with Gasteiger partial charge in [-0.25, -0.2) is 9.48 Å². The molecule has 1 rings (SSSR count). The van der Waals surface area contributed by atoms with Gasteiger partial charge in [0.2, 0.25) is 0 Å². The van der Waals surface area contributed by atoms with Crippen molar-refractivity contribution in [2.24, 2.45) is 0 Å². The van der Waals surface area contributed by atoms with Crippen LogP contribution in [0.5, 0.6) is 0 Å². The number of esters is 1. The number of allylic oxidation sites excluding steroid dienone is 1. The number of aromatic nitrogens is 2. The van der Waals surface area contributed by atoms with Gasteiger partial charge in [-0.05, 0) is 38.8 Å². The molecule has 0 bridgehead atoms. The topological polar surface area (TPSA) is 53.3 Å². The van der Waals surface area contributed by atoms with Crippen LogP contribution in [0.2, 0.25) is 12.6 Å². The Morgan fingerprint density at radius 1 is 1.45 bits per heavy atom. The van der Waals surface area contributed by atoms with Gasteiger partial charge in [0.05, 0.1) is 6.20 Å². The molecule has 0 aliphatic heterocycles. The van der Waals surface area contributed by atoms with Gasteiger partial charge >= 0.3 is 5.97 Å². The number of rotatable bonds is 8. The Hall–Kier alpha value is -1.40. The molecule has 0 fully saturated rings. The van der Waals surface area contributed by atoms with Crippen molar-refractivity contribution >= 4 is 21.1 Å². The van der Waals surface area contributed by atoms with E-state index in [2.05, 4.69) is 11.6 Å². The molecule has 0 atom stereocenters. The highest BCUT2D eigenvalue weighted by atomic mass is 28.2. The second-order valence-corrected chi connectivity index (χ2v) is 7.92. The summed E-state index contributed by atoms with van der Waals surface area (Å²) in [6.45, 7) is 11.1. The molecule has 0 amide bonds. The fourth-order valence-corrected chi connectivity index (χ4v) is 2.36. The lowest BCUT2D eigenvalue weighted by molar-refractivity contribution is -0.148. The summed E-state index contributed by atoms with van der Waals surface area (Å²) in [5, 5.41) is 4.27. The minimum Gasteiger partial charge on any atom is -0.457 e. The van der Waals surface area contributed by atoms with Crippen LogP contribution in [-0.4, -0.2) is 37.5 Å². The van der Waals surface area contributed by atoms with Crippen LogP contribution in [0.25, 0.3) is 5.57 Å². The Morgan fingerprint density at radius 3 is 2.77 bits per heavy atom. The summed E-state index contributed by atoms with van der Waals surface area (Å²) in [5.41, 5.74) is 1.37. The smallest absolute Gasteiger partial charge is 0.331 e. The van der Waals surface area contributed by atoms with E-state index in [1.165, 1.54) is 6.04 Å². The van der Waals surface area contributed by atoms with E-state index in [4.69, 9.17) is 9.47 Å². The summed E-state index contributed by atoms with van der Waals surface area (Å²) in [4.78, 5) is 11.9. The van der Waals surface area contributed by atoms with Crippen LogP contribution in [-0.2, 0) is 21.0 Å². The highest BCUT2D eigenvalue weighted by molar-refractivity contribution is 6.33. The first-order valence-corrected chi connectivity index (χ1v) is 10.3. The summed E-state index contributed by atoms with van der Waals surface area (Å²) in [5.74, 6) is -0.318. The number of carbonyl (C=O) groups excluding carboxylic acids is 1. The van der Waals surface area contributed by atoms with Crippen LogP contribution in [0.3, 0.4) is 0 Å². The van der Waals surface area contributed by atoms with Crippen molar-refractivity contribution in [3.63, 3.8) is 0 Å². The van der Waals surface area contributed by atoms with Gasteiger partial charge < -0.3 is 9.47 Å². The highest BCUT2D eigenvalue weighted by Crippen LogP contribution is 2.18. The quantitative estimate of drug-likeness (QED) is 0.319. The van der Waals surface area contributed by atoms with Crippen LogP contribution in [0.15, 0.2) is 18.5 Å². The molecule has 0 spiro atoms. The molecule has 1 heterocycles. The Bertz CT molecular complexity index is 504. The van der Waals surface area contributed by atoms with E-state index >= 15 is 0 Å². The van der Waals surface area contributed by atoms with Gasteiger partial charge in [-0.15, -0.1) is 0 Å². The first kappa shape index (κ1) is 18.6. The Morgan fingerprint density at radius 2 is 2.18 bits per heavy atom. The summed E-state index contributed by atoms with van der Waals surface area (Å²) < 4.78 is 12.6. The fourth-order valence-electron chi connectivity index (χ4n) is 1.87. The van der Waals surface area contributed by atoms with E-state index in [1.807, 2.05) is 33.9 Å². The normalized spacial score (nSPS) is 13.0. The minimum atomic E-state index is -0.479. The standard InChI is InChI=1S/C16H28N2O3Si/c1-6-13(9-15(19)21-16(2,3)4)14-10-17-18(11-14)12-20-7-8-22-5/h9-11H,6-8,12,22H2,1-5H3/b13-9+. The second-order valence-electron chi connectivity index (χ2n) is 6.22. The number of hydrogen-bond donors (Lipinski definition) is 0. The number of nitrogens with zero attached hydrogens (tertiary/aromatic N) is 2. The summed E-state index contributed by atoms with van der Waals surface area (Å²) in [7, 11) is 0.0599. The molecule has 0 saturated carbocycles. The van der Waals surface area contributed by atoms with Crippen LogP contribution in [0.4, 0.5) is 0 Å². The molecule has 0 unspecified atom stereocenters. The Balaban J connectivity index is 2.67. The SMILES string of the molecule is CC/C(=C\C(=O)OC(C)(C)C)c1cnn(COCC[SiH2]C)c1. The largest absolute Gasteiger partial charge is 0.457 e. The summed E-state index contributed by atoms with van der Waals surface area (Å²) in [6, 6.07) is 1.19. The molecule has 0 N–H and O–H groups in total. The third-order valence-electron chi connectivity index (χ3n) is 2.95. The van der Waals surface area contributed by atoms with Crippen molar-refractivity contribution < 1.29 is 14.3 Å². The van der Waals surface area contributed by atoms with Crippen molar-refractivity contribution in [3.8, 4) is 0 Å². The third kappa shape index (κ3) is 7.04. The van der Waals surface area contributed by atoms with E-state index in [0.717, 1.165) is 24.2 Å². The van der Waals surface area contributed by atoms with Gasteiger partial charge in [-0.1, -0.05) is 13.5 Å². The van der Waals surface area contributed by atoms with Crippen molar-refractivity contribution in [3.05, 3.63) is 24.0 Å². The Kier molecular flexibility index (Phi) is 7.54. The van der Waals surface area contributed by atoms with Crippen LogP contribution >= 0.6 is 0 Å². The molecule has 124 valence electrons. The zero-order valence-electron chi connectivity index (χ0n) is 14.4. The van der Waals surface area contributed by atoms with E-state index in [1.54, 1.807) is 17.0 Å². The molecule has 1 aromatic rings. The molecule has 6 heteroatoms. The van der Waals surface area contributed by atoms with Crippen molar-refractivity contribution in [1.29, 1.82) is 0 Å².